The molecule has 5 heteroatoms. The van der Waals surface area contributed by atoms with E-state index in [9.17, 15) is 9.59 Å². The first-order chi connectivity index (χ1) is 9.24. The predicted octanol–water partition coefficient (Wildman–Crippen LogP) is 1.13. The van der Waals surface area contributed by atoms with Gasteiger partial charge in [0.25, 0.3) is 5.56 Å². The van der Waals surface area contributed by atoms with Gasteiger partial charge in [0.2, 0.25) is 0 Å². The van der Waals surface area contributed by atoms with E-state index in [0.29, 0.717) is 17.4 Å². The van der Waals surface area contributed by atoms with Crippen LogP contribution in [-0.4, -0.2) is 14.5 Å². The van der Waals surface area contributed by atoms with Crippen molar-refractivity contribution in [2.45, 2.75) is 6.54 Å². The number of rotatable bonds is 2. The van der Waals surface area contributed by atoms with Gasteiger partial charge in [-0.15, -0.1) is 0 Å². The molecular formula is C14H11N3O2. The molecule has 0 saturated carbocycles. The van der Waals surface area contributed by atoms with E-state index in [0.717, 1.165) is 5.56 Å². The Morgan fingerprint density at radius 3 is 2.68 bits per heavy atom. The minimum Gasteiger partial charge on any atom is -0.310 e. The topological polar surface area (TPSA) is 67.8 Å². The Hall–Kier alpha value is -2.69. The Morgan fingerprint density at radius 1 is 1.11 bits per heavy atom. The van der Waals surface area contributed by atoms with E-state index in [2.05, 4.69) is 9.97 Å². The van der Waals surface area contributed by atoms with Crippen LogP contribution in [0.4, 0.5) is 0 Å². The number of aromatic amines is 1. The average molecular weight is 253 g/mol. The summed E-state index contributed by atoms with van der Waals surface area (Å²) in [6.45, 7) is 0.495. The van der Waals surface area contributed by atoms with Crippen molar-refractivity contribution in [1.29, 1.82) is 0 Å². The Bertz CT molecular complexity index is 834. The molecule has 94 valence electrons. The predicted molar refractivity (Wildman–Crippen MR) is 72.2 cm³/mol. The van der Waals surface area contributed by atoms with Gasteiger partial charge in [0.05, 0.1) is 17.4 Å². The Kier molecular flexibility index (Phi) is 2.72. The molecule has 0 saturated heterocycles. The maximum absolute atomic E-state index is 12.2. The number of hydrogen-bond acceptors (Lipinski definition) is 3. The highest BCUT2D eigenvalue weighted by atomic mass is 16.1. The fourth-order valence-electron chi connectivity index (χ4n) is 2.00. The molecule has 2 heterocycles. The smallest absolute Gasteiger partial charge is 0.310 e. The van der Waals surface area contributed by atoms with Crippen molar-refractivity contribution < 1.29 is 0 Å². The van der Waals surface area contributed by atoms with Crippen LogP contribution in [-0.2, 0) is 6.54 Å². The normalized spacial score (nSPS) is 10.7. The second-order valence-electron chi connectivity index (χ2n) is 4.25. The monoisotopic (exact) mass is 253 g/mol. The number of fused-ring (bicyclic) bond motifs is 1. The molecule has 5 nitrogen and oxygen atoms in total. The lowest BCUT2D eigenvalue weighted by Crippen LogP contribution is -2.22. The largest absolute Gasteiger partial charge is 0.345 e. The maximum atomic E-state index is 12.2. The van der Waals surface area contributed by atoms with Gasteiger partial charge in [-0.25, -0.2) is 9.78 Å². The Morgan fingerprint density at radius 2 is 1.89 bits per heavy atom. The summed E-state index contributed by atoms with van der Waals surface area (Å²) in [4.78, 5) is 29.5. The van der Waals surface area contributed by atoms with Crippen molar-refractivity contribution in [3.63, 3.8) is 0 Å². The number of pyridine rings is 1. The lowest BCUT2D eigenvalue weighted by Gasteiger charge is -2.06. The summed E-state index contributed by atoms with van der Waals surface area (Å²) in [5.41, 5.74) is 0.938. The summed E-state index contributed by atoms with van der Waals surface area (Å²) in [7, 11) is 0. The molecule has 0 fully saturated rings. The van der Waals surface area contributed by atoms with Crippen molar-refractivity contribution in [1.82, 2.24) is 14.5 Å². The molecule has 19 heavy (non-hydrogen) atoms. The first kappa shape index (κ1) is 11.4. The summed E-state index contributed by atoms with van der Waals surface area (Å²) >= 11 is 0. The number of benzene rings is 1. The van der Waals surface area contributed by atoms with Gasteiger partial charge in [-0.05, 0) is 11.6 Å². The SMILES string of the molecule is O=c1ncc2c(=O)n(Cc3ccccc3)ccc2[nH]1. The summed E-state index contributed by atoms with van der Waals surface area (Å²) in [6, 6.07) is 11.4. The Balaban J connectivity index is 2.11. The third-order valence-corrected chi connectivity index (χ3v) is 2.95. The van der Waals surface area contributed by atoms with Crippen molar-refractivity contribution in [3.8, 4) is 0 Å². The quantitative estimate of drug-likeness (QED) is 0.744. The number of nitrogens with zero attached hydrogens (tertiary/aromatic N) is 2. The molecule has 0 spiro atoms. The molecule has 0 unspecified atom stereocenters. The fourth-order valence-corrected chi connectivity index (χ4v) is 2.00. The average Bonchev–Trinajstić information content (AvgIpc) is 2.43. The molecule has 1 aromatic carbocycles. The van der Waals surface area contributed by atoms with Crippen LogP contribution < -0.4 is 11.2 Å². The van der Waals surface area contributed by atoms with Gasteiger partial charge in [0.15, 0.2) is 0 Å². The molecule has 1 N–H and O–H groups in total. The minimum atomic E-state index is -0.451. The lowest BCUT2D eigenvalue weighted by atomic mass is 10.2. The highest BCUT2D eigenvalue weighted by molar-refractivity contribution is 5.75. The van der Waals surface area contributed by atoms with E-state index in [1.165, 1.54) is 6.20 Å². The summed E-state index contributed by atoms with van der Waals surface area (Å²) in [5, 5.41) is 0.415. The van der Waals surface area contributed by atoms with Crippen LogP contribution >= 0.6 is 0 Å². The van der Waals surface area contributed by atoms with Crippen LogP contribution in [0.1, 0.15) is 5.56 Å². The standard InChI is InChI=1S/C14H11N3O2/c18-13-11-8-15-14(19)16-12(11)6-7-17(13)9-10-4-2-1-3-5-10/h1-8H,9H2,(H,15,16,19). The highest BCUT2D eigenvalue weighted by Gasteiger charge is 2.04. The highest BCUT2D eigenvalue weighted by Crippen LogP contribution is 2.04. The van der Waals surface area contributed by atoms with E-state index in [1.54, 1.807) is 16.8 Å². The molecule has 0 bridgehead atoms. The molecule has 0 radical (unpaired) electrons. The van der Waals surface area contributed by atoms with Gasteiger partial charge in [-0.3, -0.25) is 4.79 Å². The maximum Gasteiger partial charge on any atom is 0.345 e. The zero-order valence-electron chi connectivity index (χ0n) is 10.0. The minimum absolute atomic E-state index is 0.162. The molecule has 0 atom stereocenters. The van der Waals surface area contributed by atoms with E-state index in [-0.39, 0.29) is 5.56 Å². The van der Waals surface area contributed by atoms with Crippen molar-refractivity contribution in [2.24, 2.45) is 0 Å². The molecule has 3 aromatic rings. The molecular weight excluding hydrogens is 242 g/mol. The molecule has 0 amide bonds. The van der Waals surface area contributed by atoms with Gasteiger partial charge in [0.1, 0.15) is 0 Å². The van der Waals surface area contributed by atoms with E-state index in [1.807, 2.05) is 30.3 Å². The molecule has 0 aliphatic rings. The van der Waals surface area contributed by atoms with E-state index >= 15 is 0 Å². The first-order valence-electron chi connectivity index (χ1n) is 5.86. The second-order valence-corrected chi connectivity index (χ2v) is 4.25. The van der Waals surface area contributed by atoms with Crippen LogP contribution in [0, 0.1) is 0 Å². The van der Waals surface area contributed by atoms with Gasteiger partial charge in [-0.2, -0.15) is 0 Å². The zero-order chi connectivity index (χ0) is 13.2. The summed E-state index contributed by atoms with van der Waals surface area (Å²) < 4.78 is 1.59. The van der Waals surface area contributed by atoms with Gasteiger partial charge in [-0.1, -0.05) is 30.3 Å². The van der Waals surface area contributed by atoms with Crippen molar-refractivity contribution in [2.75, 3.05) is 0 Å². The fraction of sp³-hybridized carbons (Fsp3) is 0.0714. The summed E-state index contributed by atoms with van der Waals surface area (Å²) in [6.07, 6.45) is 2.99. The van der Waals surface area contributed by atoms with Crippen LogP contribution in [0.25, 0.3) is 10.9 Å². The Labute approximate surface area is 108 Å². The van der Waals surface area contributed by atoms with Crippen LogP contribution in [0.5, 0.6) is 0 Å². The molecule has 0 aliphatic carbocycles. The lowest BCUT2D eigenvalue weighted by molar-refractivity contribution is 0.766. The van der Waals surface area contributed by atoms with Gasteiger partial charge in [0, 0.05) is 12.4 Å². The van der Waals surface area contributed by atoms with E-state index in [4.69, 9.17) is 0 Å². The third-order valence-electron chi connectivity index (χ3n) is 2.95. The van der Waals surface area contributed by atoms with Gasteiger partial charge < -0.3 is 9.55 Å². The summed E-state index contributed by atoms with van der Waals surface area (Å²) in [5.74, 6) is 0. The first-order valence-corrected chi connectivity index (χ1v) is 5.86. The molecule has 0 aliphatic heterocycles. The van der Waals surface area contributed by atoms with Gasteiger partial charge >= 0.3 is 5.69 Å². The number of aromatic nitrogens is 3. The van der Waals surface area contributed by atoms with Crippen molar-refractivity contribution >= 4 is 10.9 Å². The number of H-pyrrole nitrogens is 1. The van der Waals surface area contributed by atoms with Crippen molar-refractivity contribution in [3.05, 3.63) is 75.2 Å². The van der Waals surface area contributed by atoms with Crippen LogP contribution in [0.2, 0.25) is 0 Å². The zero-order valence-corrected chi connectivity index (χ0v) is 10.0. The van der Waals surface area contributed by atoms with Crippen LogP contribution in [0.15, 0.2) is 58.4 Å². The number of hydrogen-bond donors (Lipinski definition) is 1. The molecule has 3 rings (SSSR count). The third kappa shape index (κ3) is 2.18. The van der Waals surface area contributed by atoms with Crippen LogP contribution in [0.3, 0.4) is 0 Å². The van der Waals surface area contributed by atoms with E-state index < -0.39 is 5.69 Å². The second kappa shape index (κ2) is 4.53. The molecule has 2 aromatic heterocycles. The number of nitrogens with one attached hydrogen (secondary N) is 1.